The van der Waals surface area contributed by atoms with E-state index in [4.69, 9.17) is 18.9 Å². The topological polar surface area (TPSA) is 50.1 Å². The van der Waals surface area contributed by atoms with Crippen molar-refractivity contribution in [3.05, 3.63) is 0 Å². The molecule has 4 heterocycles. The molecule has 4 nitrogen and oxygen atoms in total. The van der Waals surface area contributed by atoms with Crippen molar-refractivity contribution in [2.75, 3.05) is 0 Å². The van der Waals surface area contributed by atoms with Crippen LogP contribution in [-0.2, 0) is 18.9 Å². The predicted molar refractivity (Wildman–Crippen MR) is 99.2 cm³/mol. The van der Waals surface area contributed by atoms with Crippen LogP contribution < -0.4 is 0 Å². The Morgan fingerprint density at radius 2 is 1.41 bits per heavy atom. The molecule has 4 saturated heterocycles. The molecule has 0 aromatic heterocycles. The first-order valence-electron chi connectivity index (χ1n) is 11.6. The summed E-state index contributed by atoms with van der Waals surface area (Å²) in [5.41, 5.74) is 0.261. The average molecular weight is 375 g/mol. The Morgan fingerprint density at radius 3 is 2.11 bits per heavy atom. The third kappa shape index (κ3) is 2.30. The summed E-state index contributed by atoms with van der Waals surface area (Å²) in [5, 5.41) is 0. The molecule has 4 heteroatoms. The molecule has 150 valence electrons. The SMILES string of the molecule is CC(C)C1C2OC2CC2CC3OC3C21.CC1C2C(CC3OC32)CC2(C)OC12. The summed E-state index contributed by atoms with van der Waals surface area (Å²) in [4.78, 5) is 0. The number of epoxide rings is 4. The molecule has 4 aliphatic heterocycles. The zero-order valence-corrected chi connectivity index (χ0v) is 17.0. The molecule has 14 atom stereocenters. The second-order valence-electron chi connectivity index (χ2n) is 11.5. The highest BCUT2D eigenvalue weighted by atomic mass is 16.6. The van der Waals surface area contributed by atoms with E-state index in [-0.39, 0.29) is 5.60 Å². The van der Waals surface area contributed by atoms with Crippen molar-refractivity contribution < 1.29 is 18.9 Å². The van der Waals surface area contributed by atoms with Crippen molar-refractivity contribution in [3.63, 3.8) is 0 Å². The first-order valence-corrected chi connectivity index (χ1v) is 11.6. The van der Waals surface area contributed by atoms with Crippen LogP contribution >= 0.6 is 0 Å². The van der Waals surface area contributed by atoms with E-state index in [1.54, 1.807) is 0 Å². The van der Waals surface area contributed by atoms with Crippen LogP contribution in [0.25, 0.3) is 0 Å². The molecule has 0 aromatic carbocycles. The molecule has 4 saturated carbocycles. The highest BCUT2D eigenvalue weighted by molar-refractivity contribution is 5.17. The normalized spacial score (nSPS) is 67.7. The van der Waals surface area contributed by atoms with Gasteiger partial charge in [-0.05, 0) is 74.0 Å². The van der Waals surface area contributed by atoms with Crippen LogP contribution in [0.4, 0.5) is 0 Å². The summed E-state index contributed by atoms with van der Waals surface area (Å²) < 4.78 is 23.0. The number of rotatable bonds is 1. The Labute approximate surface area is 162 Å². The minimum Gasteiger partial charge on any atom is -0.369 e. The Hall–Kier alpha value is -0.160. The Balaban J connectivity index is 0.000000101. The maximum Gasteiger partial charge on any atom is 0.0926 e. The van der Waals surface area contributed by atoms with E-state index in [2.05, 4.69) is 27.7 Å². The quantitative estimate of drug-likeness (QED) is 0.660. The van der Waals surface area contributed by atoms with Crippen LogP contribution in [0.3, 0.4) is 0 Å². The monoisotopic (exact) mass is 374 g/mol. The number of hydrogen-bond donors (Lipinski definition) is 0. The van der Waals surface area contributed by atoms with Gasteiger partial charge in [0, 0.05) is 0 Å². The first-order chi connectivity index (χ1) is 12.9. The molecule has 27 heavy (non-hydrogen) atoms. The zero-order chi connectivity index (χ0) is 18.2. The van der Waals surface area contributed by atoms with E-state index < -0.39 is 0 Å². The lowest BCUT2D eigenvalue weighted by Gasteiger charge is -2.34. The van der Waals surface area contributed by atoms with Gasteiger partial charge in [-0.25, -0.2) is 0 Å². The molecule has 0 bridgehead atoms. The van der Waals surface area contributed by atoms with Gasteiger partial charge in [0.2, 0.25) is 0 Å². The summed E-state index contributed by atoms with van der Waals surface area (Å²) in [6, 6.07) is 0. The molecule has 0 spiro atoms. The Kier molecular flexibility index (Phi) is 3.15. The first kappa shape index (κ1) is 16.6. The van der Waals surface area contributed by atoms with Gasteiger partial charge in [0.05, 0.1) is 48.3 Å². The van der Waals surface area contributed by atoms with Crippen molar-refractivity contribution in [2.24, 2.45) is 41.4 Å². The summed E-state index contributed by atoms with van der Waals surface area (Å²) in [6.45, 7) is 9.34. The highest BCUT2D eigenvalue weighted by Gasteiger charge is 2.69. The lowest BCUT2D eigenvalue weighted by molar-refractivity contribution is 0.0887. The molecule has 8 rings (SSSR count). The standard InChI is InChI=1S/C12H18O2.C11H16O2/c1-5(2)9-10-6(3-7-11(9)13-7)4-8-12(10)14-8;1-5-8-6(3-7-9(8)12-7)4-11(2)10(5)13-11/h5-12H,3-4H2,1-2H3;5-10H,3-4H2,1-2H3. The summed E-state index contributed by atoms with van der Waals surface area (Å²) in [7, 11) is 0. The molecule has 0 aromatic rings. The van der Waals surface area contributed by atoms with E-state index in [0.29, 0.717) is 42.7 Å². The minimum absolute atomic E-state index is 0.261. The van der Waals surface area contributed by atoms with Gasteiger partial charge < -0.3 is 18.9 Å². The molecule has 8 fully saturated rings. The van der Waals surface area contributed by atoms with Gasteiger partial charge in [0.25, 0.3) is 0 Å². The van der Waals surface area contributed by atoms with Crippen LogP contribution in [0, 0.1) is 41.4 Å². The third-order valence-electron chi connectivity index (χ3n) is 9.60. The van der Waals surface area contributed by atoms with Gasteiger partial charge in [-0.2, -0.15) is 0 Å². The second kappa shape index (κ2) is 5.11. The van der Waals surface area contributed by atoms with Crippen LogP contribution in [0.1, 0.15) is 53.4 Å². The fourth-order valence-corrected chi connectivity index (χ4v) is 8.38. The smallest absolute Gasteiger partial charge is 0.0926 e. The second-order valence-corrected chi connectivity index (χ2v) is 11.5. The summed E-state index contributed by atoms with van der Waals surface area (Å²) in [5.74, 6) is 5.78. The van der Waals surface area contributed by atoms with Crippen LogP contribution in [0.15, 0.2) is 0 Å². The molecule has 4 aliphatic carbocycles. The molecule has 8 aliphatic rings. The summed E-state index contributed by atoms with van der Waals surface area (Å²) in [6.07, 6.45) is 9.56. The third-order valence-corrected chi connectivity index (χ3v) is 9.60. The molecular weight excluding hydrogens is 340 g/mol. The summed E-state index contributed by atoms with van der Waals surface area (Å²) >= 11 is 0. The van der Waals surface area contributed by atoms with Gasteiger partial charge in [-0.1, -0.05) is 20.8 Å². The number of hydrogen-bond acceptors (Lipinski definition) is 4. The Bertz CT molecular complexity index is 663. The molecular formula is C23H34O4. The Morgan fingerprint density at radius 1 is 0.815 bits per heavy atom. The van der Waals surface area contributed by atoms with Crippen molar-refractivity contribution in [3.8, 4) is 0 Å². The molecule has 14 unspecified atom stereocenters. The van der Waals surface area contributed by atoms with Crippen molar-refractivity contribution >= 4 is 0 Å². The van der Waals surface area contributed by atoms with Gasteiger partial charge >= 0.3 is 0 Å². The number of ether oxygens (including phenoxy) is 4. The van der Waals surface area contributed by atoms with Crippen molar-refractivity contribution in [2.45, 2.75) is 102 Å². The van der Waals surface area contributed by atoms with Crippen LogP contribution in [-0.4, -0.2) is 48.3 Å². The zero-order valence-electron chi connectivity index (χ0n) is 17.0. The largest absolute Gasteiger partial charge is 0.369 e. The lowest BCUT2D eigenvalue weighted by Crippen LogP contribution is -2.37. The van der Waals surface area contributed by atoms with E-state index in [1.165, 1.54) is 25.7 Å². The van der Waals surface area contributed by atoms with Crippen LogP contribution in [0.5, 0.6) is 0 Å². The average Bonchev–Trinajstić information content (AvgIpc) is 3.45. The predicted octanol–water partition coefficient (Wildman–Crippen LogP) is 3.42. The lowest BCUT2D eigenvalue weighted by atomic mass is 9.69. The van der Waals surface area contributed by atoms with Gasteiger partial charge in [0.1, 0.15) is 0 Å². The van der Waals surface area contributed by atoms with Gasteiger partial charge in [-0.3, -0.25) is 0 Å². The van der Waals surface area contributed by atoms with E-state index in [0.717, 1.165) is 41.4 Å². The molecule has 0 N–H and O–H groups in total. The van der Waals surface area contributed by atoms with Crippen LogP contribution in [0.2, 0.25) is 0 Å². The fraction of sp³-hybridized carbons (Fsp3) is 1.00. The van der Waals surface area contributed by atoms with Crippen molar-refractivity contribution in [1.29, 1.82) is 0 Å². The van der Waals surface area contributed by atoms with Gasteiger partial charge in [-0.15, -0.1) is 0 Å². The molecule has 0 radical (unpaired) electrons. The van der Waals surface area contributed by atoms with Crippen molar-refractivity contribution in [1.82, 2.24) is 0 Å². The maximum absolute atomic E-state index is 5.83. The van der Waals surface area contributed by atoms with E-state index >= 15 is 0 Å². The number of fused-ring (bicyclic) bond motifs is 8. The minimum atomic E-state index is 0.261. The van der Waals surface area contributed by atoms with Gasteiger partial charge in [0.15, 0.2) is 0 Å². The fourth-order valence-electron chi connectivity index (χ4n) is 8.38. The molecule has 0 amide bonds. The highest BCUT2D eigenvalue weighted by Crippen LogP contribution is 2.63. The maximum atomic E-state index is 5.83. The van der Waals surface area contributed by atoms with E-state index in [1.807, 2.05) is 0 Å². The van der Waals surface area contributed by atoms with E-state index in [9.17, 15) is 0 Å².